The molecule has 1 N–H and O–H groups in total. The van der Waals surface area contributed by atoms with E-state index in [1.165, 1.54) is 24.3 Å². The number of nitrogens with one attached hydrogen (secondary N) is 1. The van der Waals surface area contributed by atoms with Gasteiger partial charge in [-0.3, -0.25) is 5.43 Å². The second-order valence-corrected chi connectivity index (χ2v) is 3.28. The predicted molar refractivity (Wildman–Crippen MR) is 60.3 cm³/mol. The van der Waals surface area contributed by atoms with Gasteiger partial charge in [-0.1, -0.05) is 0 Å². The maximum atomic E-state index is 12.6. The molecule has 0 aliphatic rings. The van der Waals surface area contributed by atoms with Gasteiger partial charge in [-0.2, -0.15) is 33.2 Å². The van der Waals surface area contributed by atoms with E-state index in [1.54, 1.807) is 0 Å². The fraction of sp³-hybridized carbons (Fsp3) is 0.182. The monoisotopic (exact) mass is 286 g/mol. The van der Waals surface area contributed by atoms with E-state index < -0.39 is 24.0 Å². The molecular formula is C11H6F4N4O. The summed E-state index contributed by atoms with van der Waals surface area (Å²) in [6.45, 7) is 0. The van der Waals surface area contributed by atoms with Gasteiger partial charge in [-0.05, 0) is 24.3 Å². The molecule has 0 aliphatic carbocycles. The van der Waals surface area contributed by atoms with Crippen LogP contribution in [0, 0.1) is 22.7 Å². The quantitative estimate of drug-likeness (QED) is 0.512. The summed E-state index contributed by atoms with van der Waals surface area (Å²) in [6.07, 6.45) is -8.53. The first-order chi connectivity index (χ1) is 9.39. The molecule has 104 valence electrons. The maximum Gasteiger partial charge on any atom is 0.461 e. The van der Waals surface area contributed by atoms with Gasteiger partial charge in [0.2, 0.25) is 5.71 Å². The molecule has 0 aromatic heterocycles. The van der Waals surface area contributed by atoms with Crippen LogP contribution in [0.4, 0.5) is 23.2 Å². The molecule has 0 amide bonds. The number of hydrogen-bond donors (Lipinski definition) is 1. The zero-order chi connectivity index (χ0) is 15.2. The summed E-state index contributed by atoms with van der Waals surface area (Å²) in [5.41, 5.74) is 2.13. The average Bonchev–Trinajstić information content (AvgIpc) is 2.41. The lowest BCUT2D eigenvalue weighted by molar-refractivity contribution is -0.253. The summed E-state index contributed by atoms with van der Waals surface area (Å²) >= 11 is 0. The molecule has 0 atom stereocenters. The molecule has 0 unspecified atom stereocenters. The van der Waals surface area contributed by atoms with Crippen molar-refractivity contribution in [2.75, 3.05) is 5.43 Å². The number of benzene rings is 1. The Balaban J connectivity index is 2.74. The molecule has 0 bridgehead atoms. The molecule has 0 aliphatic heterocycles. The molecule has 0 saturated heterocycles. The lowest BCUT2D eigenvalue weighted by Gasteiger charge is -2.16. The van der Waals surface area contributed by atoms with Crippen molar-refractivity contribution < 1.29 is 22.3 Å². The molecule has 1 aromatic rings. The molecule has 0 saturated carbocycles. The van der Waals surface area contributed by atoms with Gasteiger partial charge in [0.05, 0.1) is 5.69 Å². The van der Waals surface area contributed by atoms with Crippen LogP contribution in [0.2, 0.25) is 0 Å². The van der Waals surface area contributed by atoms with Crippen molar-refractivity contribution in [2.24, 2.45) is 5.10 Å². The van der Waals surface area contributed by atoms with Gasteiger partial charge in [-0.25, -0.2) is 0 Å². The Hall–Kier alpha value is -2.81. The van der Waals surface area contributed by atoms with Gasteiger partial charge in [0.15, 0.2) is 0 Å². The minimum atomic E-state index is -4.58. The van der Waals surface area contributed by atoms with Crippen LogP contribution in [-0.4, -0.2) is 18.2 Å². The highest BCUT2D eigenvalue weighted by molar-refractivity contribution is 6.10. The minimum Gasteiger partial charge on any atom is -0.428 e. The van der Waals surface area contributed by atoms with Crippen molar-refractivity contribution in [2.45, 2.75) is 12.5 Å². The van der Waals surface area contributed by atoms with E-state index in [0.717, 1.165) is 12.1 Å². The molecule has 1 rings (SSSR count). The Morgan fingerprint density at radius 2 is 1.75 bits per heavy atom. The van der Waals surface area contributed by atoms with E-state index in [2.05, 4.69) is 15.3 Å². The van der Waals surface area contributed by atoms with Gasteiger partial charge >= 0.3 is 12.5 Å². The summed E-state index contributed by atoms with van der Waals surface area (Å²) in [5.74, 6) is -0.467. The van der Waals surface area contributed by atoms with Gasteiger partial charge in [-0.15, -0.1) is 0 Å². The van der Waals surface area contributed by atoms with Crippen LogP contribution in [0.3, 0.4) is 0 Å². The molecule has 0 fully saturated rings. The van der Waals surface area contributed by atoms with Crippen LogP contribution in [0.15, 0.2) is 29.4 Å². The van der Waals surface area contributed by atoms with Gasteiger partial charge in [0.1, 0.15) is 17.9 Å². The lowest BCUT2D eigenvalue weighted by atomic mass is 10.3. The van der Waals surface area contributed by atoms with Crippen molar-refractivity contribution in [3.05, 3.63) is 24.3 Å². The number of halogens is 4. The van der Waals surface area contributed by atoms with Crippen molar-refractivity contribution in [1.29, 1.82) is 10.5 Å². The average molecular weight is 286 g/mol. The molecule has 5 nitrogen and oxygen atoms in total. The van der Waals surface area contributed by atoms with Crippen molar-refractivity contribution >= 4 is 11.4 Å². The molecule has 0 heterocycles. The third-order valence-electron chi connectivity index (χ3n) is 1.87. The SMILES string of the molecule is N#CC(C#N)=NNc1ccc(OC(F)(F)C(F)F)cc1. The van der Waals surface area contributed by atoms with E-state index in [0.29, 0.717) is 0 Å². The topological polar surface area (TPSA) is 81.2 Å². The molecule has 20 heavy (non-hydrogen) atoms. The summed E-state index contributed by atoms with van der Waals surface area (Å²) in [4.78, 5) is 0. The summed E-state index contributed by atoms with van der Waals surface area (Å²) < 4.78 is 52.8. The third-order valence-corrected chi connectivity index (χ3v) is 1.87. The van der Waals surface area contributed by atoms with E-state index in [4.69, 9.17) is 10.5 Å². The van der Waals surface area contributed by atoms with Crippen LogP contribution in [0.1, 0.15) is 0 Å². The number of anilines is 1. The van der Waals surface area contributed by atoms with E-state index >= 15 is 0 Å². The second kappa shape index (κ2) is 6.38. The van der Waals surface area contributed by atoms with Crippen LogP contribution in [-0.2, 0) is 0 Å². The largest absolute Gasteiger partial charge is 0.461 e. The number of hydrogen-bond acceptors (Lipinski definition) is 5. The fourth-order valence-electron chi connectivity index (χ4n) is 0.995. The first-order valence-corrected chi connectivity index (χ1v) is 4.98. The Labute approximate surface area is 110 Å². The first kappa shape index (κ1) is 15.2. The first-order valence-electron chi connectivity index (χ1n) is 4.98. The molecule has 9 heteroatoms. The predicted octanol–water partition coefficient (Wildman–Crippen LogP) is 2.74. The lowest BCUT2D eigenvalue weighted by Crippen LogP contribution is -2.33. The fourth-order valence-corrected chi connectivity index (χ4v) is 0.995. The Morgan fingerprint density at radius 1 is 1.20 bits per heavy atom. The highest BCUT2D eigenvalue weighted by Crippen LogP contribution is 2.28. The smallest absolute Gasteiger partial charge is 0.428 e. The minimum absolute atomic E-state index is 0.251. The highest BCUT2D eigenvalue weighted by atomic mass is 19.3. The van der Waals surface area contributed by atoms with Gasteiger partial charge in [0, 0.05) is 0 Å². The van der Waals surface area contributed by atoms with Gasteiger partial charge < -0.3 is 4.74 Å². The number of rotatable bonds is 5. The number of alkyl halides is 4. The maximum absolute atomic E-state index is 12.6. The zero-order valence-corrected chi connectivity index (χ0v) is 9.65. The third kappa shape index (κ3) is 4.14. The van der Waals surface area contributed by atoms with Crippen LogP contribution >= 0.6 is 0 Å². The Kier molecular flexibility index (Phi) is 4.87. The molecule has 0 spiro atoms. The van der Waals surface area contributed by atoms with Crippen LogP contribution in [0.5, 0.6) is 5.75 Å². The number of nitriles is 2. The standard InChI is InChI=1S/C11H6F4N4O/c12-10(13)11(14,15)20-9-3-1-7(2-4-9)18-19-8(5-16)6-17/h1-4,10,18H. The summed E-state index contributed by atoms with van der Waals surface area (Å²) in [7, 11) is 0. The zero-order valence-electron chi connectivity index (χ0n) is 9.65. The van der Waals surface area contributed by atoms with E-state index in [1.807, 2.05) is 0 Å². The van der Waals surface area contributed by atoms with Crippen LogP contribution in [0.25, 0.3) is 0 Å². The Bertz CT molecular complexity index is 556. The normalized spacial score (nSPS) is 10.3. The van der Waals surface area contributed by atoms with Crippen molar-refractivity contribution in [3.8, 4) is 17.9 Å². The van der Waals surface area contributed by atoms with Crippen LogP contribution < -0.4 is 10.2 Å². The van der Waals surface area contributed by atoms with E-state index in [9.17, 15) is 17.6 Å². The summed E-state index contributed by atoms with van der Waals surface area (Å²) in [5, 5.41) is 20.2. The second-order valence-electron chi connectivity index (χ2n) is 3.28. The molecular weight excluding hydrogens is 280 g/mol. The highest BCUT2D eigenvalue weighted by Gasteiger charge is 2.43. The molecule has 1 aromatic carbocycles. The van der Waals surface area contributed by atoms with Crippen molar-refractivity contribution in [3.63, 3.8) is 0 Å². The van der Waals surface area contributed by atoms with Gasteiger partial charge in [0.25, 0.3) is 0 Å². The number of nitrogens with zero attached hydrogens (tertiary/aromatic N) is 3. The number of hydrazone groups is 1. The molecule has 0 radical (unpaired) electrons. The van der Waals surface area contributed by atoms with E-state index in [-0.39, 0.29) is 5.69 Å². The summed E-state index contributed by atoms with van der Waals surface area (Å²) in [6, 6.07) is 7.41. The number of ether oxygens (including phenoxy) is 1. The Morgan fingerprint density at radius 3 is 2.20 bits per heavy atom. The van der Waals surface area contributed by atoms with Crippen molar-refractivity contribution in [1.82, 2.24) is 0 Å².